The van der Waals surface area contributed by atoms with Crippen molar-refractivity contribution in [1.29, 1.82) is 0 Å². The van der Waals surface area contributed by atoms with Gasteiger partial charge in [-0.25, -0.2) is 9.67 Å². The second kappa shape index (κ2) is 5.37. The summed E-state index contributed by atoms with van der Waals surface area (Å²) in [5.74, 6) is 0. The van der Waals surface area contributed by atoms with Gasteiger partial charge >= 0.3 is 0 Å². The van der Waals surface area contributed by atoms with Crippen LogP contribution in [0.15, 0.2) is 71.9 Å². The first-order valence-electron chi connectivity index (χ1n) is 7.01. The van der Waals surface area contributed by atoms with Gasteiger partial charge in [-0.2, -0.15) is 5.10 Å². The molecule has 0 radical (unpaired) electrons. The van der Waals surface area contributed by atoms with E-state index in [0.717, 1.165) is 5.69 Å². The van der Waals surface area contributed by atoms with Crippen molar-refractivity contribution in [2.75, 3.05) is 0 Å². The summed E-state index contributed by atoms with van der Waals surface area (Å²) in [4.78, 5) is 17.1. The van der Waals surface area contributed by atoms with Gasteiger partial charge < -0.3 is 0 Å². The molecule has 2 aromatic carbocycles. The van der Waals surface area contributed by atoms with Gasteiger partial charge in [0.05, 0.1) is 17.6 Å². The largest absolute Gasteiger partial charge is 0.269 e. The average Bonchev–Trinajstić information content (AvgIpc) is 3.01. The zero-order chi connectivity index (χ0) is 15.8. The number of hydrogen-bond acceptors (Lipinski definition) is 3. The van der Waals surface area contributed by atoms with Crippen LogP contribution in [0.1, 0.15) is 0 Å². The lowest BCUT2D eigenvalue weighted by Gasteiger charge is -2.06. The Hall–Kier alpha value is -2.92. The number of fused-ring (bicyclic) bond motifs is 1. The van der Waals surface area contributed by atoms with E-state index in [2.05, 4.69) is 10.1 Å². The van der Waals surface area contributed by atoms with Gasteiger partial charge in [0.15, 0.2) is 5.65 Å². The minimum atomic E-state index is -0.181. The maximum atomic E-state index is 12.7. The van der Waals surface area contributed by atoms with Crippen LogP contribution in [0.25, 0.3) is 22.4 Å². The first-order valence-corrected chi connectivity index (χ1v) is 7.38. The molecule has 5 nitrogen and oxygen atoms in total. The molecule has 0 aliphatic rings. The molecule has 0 saturated heterocycles. The van der Waals surface area contributed by atoms with E-state index in [9.17, 15) is 4.79 Å². The molecule has 2 aromatic heterocycles. The molecule has 0 aliphatic heterocycles. The van der Waals surface area contributed by atoms with E-state index in [-0.39, 0.29) is 5.56 Å². The number of para-hydroxylation sites is 1. The van der Waals surface area contributed by atoms with Crippen LogP contribution in [-0.4, -0.2) is 19.3 Å². The fourth-order valence-corrected chi connectivity index (χ4v) is 2.66. The van der Waals surface area contributed by atoms with Crippen molar-refractivity contribution >= 4 is 22.6 Å². The van der Waals surface area contributed by atoms with E-state index in [1.807, 2.05) is 36.4 Å². The molecule has 0 spiro atoms. The zero-order valence-corrected chi connectivity index (χ0v) is 12.7. The van der Waals surface area contributed by atoms with E-state index in [1.165, 1.54) is 10.9 Å². The summed E-state index contributed by atoms with van der Waals surface area (Å²) >= 11 is 6.00. The predicted molar refractivity (Wildman–Crippen MR) is 89.5 cm³/mol. The molecule has 0 saturated carbocycles. The molecule has 112 valence electrons. The predicted octanol–water partition coefficient (Wildman–Crippen LogP) is 3.22. The fourth-order valence-electron chi connectivity index (χ4n) is 2.48. The normalized spacial score (nSPS) is 11.0. The average molecular weight is 323 g/mol. The van der Waals surface area contributed by atoms with Crippen LogP contribution in [0.2, 0.25) is 5.02 Å². The number of benzene rings is 2. The number of halogens is 1. The summed E-state index contributed by atoms with van der Waals surface area (Å²) in [6, 6.07) is 16.7. The highest BCUT2D eigenvalue weighted by molar-refractivity contribution is 6.30. The summed E-state index contributed by atoms with van der Waals surface area (Å²) in [5, 5.41) is 5.31. The molecule has 6 heteroatoms. The van der Waals surface area contributed by atoms with E-state index < -0.39 is 0 Å². The Bertz CT molecular complexity index is 1050. The van der Waals surface area contributed by atoms with Gasteiger partial charge in [-0.05, 0) is 30.3 Å². The summed E-state index contributed by atoms with van der Waals surface area (Å²) < 4.78 is 3.12. The van der Waals surface area contributed by atoms with E-state index >= 15 is 0 Å². The highest BCUT2D eigenvalue weighted by Gasteiger charge is 2.12. The van der Waals surface area contributed by atoms with Crippen LogP contribution in [0, 0.1) is 0 Å². The van der Waals surface area contributed by atoms with Gasteiger partial charge in [-0.1, -0.05) is 35.9 Å². The highest BCUT2D eigenvalue weighted by atomic mass is 35.5. The minimum absolute atomic E-state index is 0.181. The monoisotopic (exact) mass is 322 g/mol. The Morgan fingerprint density at radius 1 is 0.957 bits per heavy atom. The topological polar surface area (TPSA) is 52.7 Å². The molecule has 2 heterocycles. The maximum absolute atomic E-state index is 12.7. The van der Waals surface area contributed by atoms with Crippen LogP contribution >= 0.6 is 11.6 Å². The SMILES string of the molecule is O=c1c2cnn(-c3ccccc3)c2ncn1-c1cccc(Cl)c1. The Morgan fingerprint density at radius 2 is 1.74 bits per heavy atom. The van der Waals surface area contributed by atoms with Crippen molar-refractivity contribution < 1.29 is 0 Å². The van der Waals surface area contributed by atoms with Crippen LogP contribution in [0.3, 0.4) is 0 Å². The van der Waals surface area contributed by atoms with Crippen LogP contribution in [0.4, 0.5) is 0 Å². The summed E-state index contributed by atoms with van der Waals surface area (Å²) in [6.07, 6.45) is 3.04. The first kappa shape index (κ1) is 13.7. The number of hydrogen-bond donors (Lipinski definition) is 0. The molecule has 0 aliphatic carbocycles. The molecule has 0 amide bonds. The molecule has 0 unspecified atom stereocenters. The van der Waals surface area contributed by atoms with Crippen molar-refractivity contribution in [3.05, 3.63) is 82.5 Å². The lowest BCUT2D eigenvalue weighted by atomic mass is 10.3. The van der Waals surface area contributed by atoms with Crippen LogP contribution in [0.5, 0.6) is 0 Å². The van der Waals surface area contributed by atoms with Crippen LogP contribution in [-0.2, 0) is 0 Å². The Balaban J connectivity index is 1.93. The van der Waals surface area contributed by atoms with Gasteiger partial charge in [-0.3, -0.25) is 9.36 Å². The lowest BCUT2D eigenvalue weighted by molar-refractivity contribution is 0.885. The molecule has 0 N–H and O–H groups in total. The van der Waals surface area contributed by atoms with Crippen molar-refractivity contribution in [3.8, 4) is 11.4 Å². The highest BCUT2D eigenvalue weighted by Crippen LogP contribution is 2.16. The van der Waals surface area contributed by atoms with E-state index in [1.54, 1.807) is 29.1 Å². The molecular formula is C17H11ClN4O. The van der Waals surface area contributed by atoms with E-state index in [4.69, 9.17) is 11.6 Å². The molecule has 0 atom stereocenters. The second-order valence-corrected chi connectivity index (χ2v) is 5.47. The second-order valence-electron chi connectivity index (χ2n) is 5.03. The fraction of sp³-hybridized carbons (Fsp3) is 0. The molecule has 0 fully saturated rings. The standard InChI is InChI=1S/C17H11ClN4O/c18-12-5-4-8-14(9-12)21-11-19-16-15(17(21)23)10-20-22(16)13-6-2-1-3-7-13/h1-11H. The summed E-state index contributed by atoms with van der Waals surface area (Å²) in [7, 11) is 0. The minimum Gasteiger partial charge on any atom is -0.268 e. The van der Waals surface area contributed by atoms with E-state index in [0.29, 0.717) is 21.7 Å². The Morgan fingerprint density at radius 3 is 2.52 bits per heavy atom. The first-order chi connectivity index (χ1) is 11.2. The molecule has 4 rings (SSSR count). The number of aromatic nitrogens is 4. The van der Waals surface area contributed by atoms with Gasteiger partial charge in [-0.15, -0.1) is 0 Å². The third kappa shape index (κ3) is 2.31. The van der Waals surface area contributed by atoms with Crippen molar-refractivity contribution in [2.45, 2.75) is 0 Å². The maximum Gasteiger partial charge on any atom is 0.269 e. The number of rotatable bonds is 2. The van der Waals surface area contributed by atoms with Gasteiger partial charge in [0.25, 0.3) is 5.56 Å². The van der Waals surface area contributed by atoms with Crippen molar-refractivity contribution in [2.24, 2.45) is 0 Å². The third-order valence-electron chi connectivity index (χ3n) is 3.58. The molecule has 23 heavy (non-hydrogen) atoms. The molecule has 4 aromatic rings. The van der Waals surface area contributed by atoms with Gasteiger partial charge in [0.1, 0.15) is 11.7 Å². The van der Waals surface area contributed by atoms with Gasteiger partial charge in [0.2, 0.25) is 0 Å². The molecular weight excluding hydrogens is 312 g/mol. The zero-order valence-electron chi connectivity index (χ0n) is 11.9. The summed E-state index contributed by atoms with van der Waals surface area (Å²) in [5.41, 5.74) is 1.87. The smallest absolute Gasteiger partial charge is 0.268 e. The Labute approximate surface area is 136 Å². The van der Waals surface area contributed by atoms with Crippen molar-refractivity contribution in [3.63, 3.8) is 0 Å². The van der Waals surface area contributed by atoms with Crippen LogP contribution < -0.4 is 5.56 Å². The quantitative estimate of drug-likeness (QED) is 0.569. The van der Waals surface area contributed by atoms with Crippen molar-refractivity contribution in [1.82, 2.24) is 19.3 Å². The lowest BCUT2D eigenvalue weighted by Crippen LogP contribution is -2.18. The van der Waals surface area contributed by atoms with Gasteiger partial charge in [0, 0.05) is 5.02 Å². The summed E-state index contributed by atoms with van der Waals surface area (Å²) in [6.45, 7) is 0. The Kier molecular flexibility index (Phi) is 3.20. The molecule has 0 bridgehead atoms. The third-order valence-corrected chi connectivity index (χ3v) is 3.81. The number of nitrogens with zero attached hydrogens (tertiary/aromatic N) is 4.